The van der Waals surface area contributed by atoms with Gasteiger partial charge in [-0.2, -0.15) is 0 Å². The number of likely N-dealkylation sites (tertiary alicyclic amines) is 1. The fourth-order valence-electron chi connectivity index (χ4n) is 5.32. The molecule has 2 aromatic heterocycles. The Hall–Kier alpha value is -4.28. The van der Waals surface area contributed by atoms with E-state index < -0.39 is 11.4 Å². The molecule has 2 amide bonds. The monoisotopic (exact) mass is 565 g/mol. The number of nitrogens with one attached hydrogen (secondary N) is 3. The van der Waals surface area contributed by atoms with Crippen LogP contribution in [0.3, 0.4) is 0 Å². The zero-order valence-corrected chi connectivity index (χ0v) is 24.2. The summed E-state index contributed by atoms with van der Waals surface area (Å²) in [6.45, 7) is 10.9. The Morgan fingerprint density at radius 1 is 1.27 bits per heavy atom. The van der Waals surface area contributed by atoms with Crippen LogP contribution in [0.1, 0.15) is 50.7 Å². The first-order valence-corrected chi connectivity index (χ1v) is 13.6. The Kier molecular flexibility index (Phi) is 7.31. The van der Waals surface area contributed by atoms with Gasteiger partial charge in [0.2, 0.25) is 0 Å². The fourth-order valence-corrected chi connectivity index (χ4v) is 5.32. The molecule has 1 saturated heterocycles. The number of halogens is 1. The number of hydrogen-bond acceptors (Lipinski definition) is 7. The summed E-state index contributed by atoms with van der Waals surface area (Å²) in [6, 6.07) is 6.12. The van der Waals surface area contributed by atoms with Crippen molar-refractivity contribution in [2.24, 2.45) is 5.41 Å². The van der Waals surface area contributed by atoms with Crippen LogP contribution in [0.15, 0.2) is 36.7 Å². The van der Waals surface area contributed by atoms with Gasteiger partial charge in [0.05, 0.1) is 42.0 Å². The molecule has 0 radical (unpaired) electrons. The zero-order valence-electron chi connectivity index (χ0n) is 24.2. The Labute approximate surface area is 238 Å². The minimum absolute atomic E-state index is 0.0327. The van der Waals surface area contributed by atoms with Gasteiger partial charge in [0.1, 0.15) is 18.0 Å². The average Bonchev–Trinajstić information content (AvgIpc) is 3.26. The van der Waals surface area contributed by atoms with E-state index in [4.69, 9.17) is 14.2 Å². The van der Waals surface area contributed by atoms with E-state index >= 15 is 0 Å². The number of nitrogens with zero attached hydrogens (tertiary/aromatic N) is 2. The quantitative estimate of drug-likeness (QED) is 0.357. The van der Waals surface area contributed by atoms with Crippen LogP contribution < -0.4 is 20.1 Å². The highest BCUT2D eigenvalue weighted by atomic mass is 19.1. The Morgan fingerprint density at radius 3 is 2.76 bits per heavy atom. The van der Waals surface area contributed by atoms with Crippen LogP contribution in [0, 0.1) is 11.2 Å². The van der Waals surface area contributed by atoms with Crippen LogP contribution in [0.25, 0.3) is 11.3 Å². The summed E-state index contributed by atoms with van der Waals surface area (Å²) in [7, 11) is 1.39. The minimum Gasteiger partial charge on any atom is -0.492 e. The number of H-pyrrole nitrogens is 1. The Balaban J connectivity index is 1.49. The number of para-hydroxylation sites is 1. The third kappa shape index (κ3) is 5.53. The van der Waals surface area contributed by atoms with Gasteiger partial charge in [-0.15, -0.1) is 0 Å². The normalized spacial score (nSPS) is 17.7. The number of carbonyl (C=O) groups is 2. The molecule has 1 unspecified atom stereocenters. The SMILES string of the molecule is COc1c(F)cccc1Nc1c(-c2ccncc2OCC2N(C(=O)OC(C)(C)C)CC2(C)C)[nH]c2c1C(=O)NCC2. The molecule has 5 rings (SSSR count). The number of aromatic nitrogens is 2. The second-order valence-electron chi connectivity index (χ2n) is 12.0. The first kappa shape index (κ1) is 28.3. The molecule has 218 valence electrons. The summed E-state index contributed by atoms with van der Waals surface area (Å²) in [5.74, 6) is -0.274. The zero-order chi connectivity index (χ0) is 29.5. The van der Waals surface area contributed by atoms with E-state index in [0.717, 1.165) is 5.69 Å². The van der Waals surface area contributed by atoms with E-state index in [9.17, 15) is 14.0 Å². The lowest BCUT2D eigenvalue weighted by atomic mass is 9.75. The maximum absolute atomic E-state index is 14.5. The fraction of sp³-hybridized carbons (Fsp3) is 0.433. The first-order chi connectivity index (χ1) is 19.4. The van der Waals surface area contributed by atoms with Crippen molar-refractivity contribution in [1.82, 2.24) is 20.2 Å². The van der Waals surface area contributed by atoms with Crippen molar-refractivity contribution in [3.63, 3.8) is 0 Å². The number of methoxy groups -OCH3 is 1. The summed E-state index contributed by atoms with van der Waals surface area (Å²) in [5, 5.41) is 6.12. The van der Waals surface area contributed by atoms with Crippen LogP contribution >= 0.6 is 0 Å². The molecule has 0 bridgehead atoms. The van der Waals surface area contributed by atoms with Crippen molar-refractivity contribution in [1.29, 1.82) is 0 Å². The number of fused-ring (bicyclic) bond motifs is 1. The van der Waals surface area contributed by atoms with Crippen molar-refractivity contribution >= 4 is 23.4 Å². The second-order valence-corrected chi connectivity index (χ2v) is 12.0. The molecule has 3 N–H and O–H groups in total. The Bertz CT molecular complexity index is 1480. The van der Waals surface area contributed by atoms with Gasteiger partial charge in [0.25, 0.3) is 5.91 Å². The maximum Gasteiger partial charge on any atom is 0.410 e. The summed E-state index contributed by atoms with van der Waals surface area (Å²) in [6.07, 6.45) is 3.45. The number of amides is 2. The highest BCUT2D eigenvalue weighted by Gasteiger charge is 2.50. The third-order valence-corrected chi connectivity index (χ3v) is 7.33. The molecule has 41 heavy (non-hydrogen) atoms. The molecule has 10 nitrogen and oxygen atoms in total. The first-order valence-electron chi connectivity index (χ1n) is 13.6. The van der Waals surface area contributed by atoms with Gasteiger partial charge in [-0.3, -0.25) is 9.78 Å². The highest BCUT2D eigenvalue weighted by molar-refractivity contribution is 6.06. The smallest absolute Gasteiger partial charge is 0.410 e. The van der Waals surface area contributed by atoms with E-state index in [1.54, 1.807) is 35.5 Å². The highest BCUT2D eigenvalue weighted by Crippen LogP contribution is 2.43. The molecular weight excluding hydrogens is 529 g/mol. The van der Waals surface area contributed by atoms with E-state index in [0.29, 0.717) is 53.5 Å². The third-order valence-electron chi connectivity index (χ3n) is 7.33. The van der Waals surface area contributed by atoms with Gasteiger partial charge in [0, 0.05) is 42.4 Å². The molecular formula is C30H36FN5O5. The summed E-state index contributed by atoms with van der Waals surface area (Å²) >= 11 is 0. The van der Waals surface area contributed by atoms with Crippen molar-refractivity contribution in [3.8, 4) is 22.8 Å². The van der Waals surface area contributed by atoms with Gasteiger partial charge in [-0.05, 0) is 39.0 Å². The maximum atomic E-state index is 14.5. The number of rotatable bonds is 7. The van der Waals surface area contributed by atoms with Crippen molar-refractivity contribution in [3.05, 3.63) is 53.7 Å². The molecule has 0 spiro atoms. The van der Waals surface area contributed by atoms with Gasteiger partial charge in [-0.25, -0.2) is 9.18 Å². The van der Waals surface area contributed by atoms with Crippen LogP contribution in [-0.4, -0.2) is 65.3 Å². The average molecular weight is 566 g/mol. The Morgan fingerprint density at radius 2 is 2.05 bits per heavy atom. The minimum atomic E-state index is -0.606. The van der Waals surface area contributed by atoms with Gasteiger partial charge < -0.3 is 34.7 Å². The second kappa shape index (κ2) is 10.6. The molecule has 2 aliphatic heterocycles. The van der Waals surface area contributed by atoms with Gasteiger partial charge in [0.15, 0.2) is 11.6 Å². The lowest BCUT2D eigenvalue weighted by Gasteiger charge is -2.53. The number of benzene rings is 1. The van der Waals surface area contributed by atoms with Crippen molar-refractivity contribution in [2.45, 2.75) is 52.7 Å². The number of aromatic amines is 1. The number of anilines is 2. The molecule has 3 aromatic rings. The number of ether oxygens (including phenoxy) is 3. The molecule has 1 fully saturated rings. The molecule has 0 saturated carbocycles. The molecule has 4 heterocycles. The topological polar surface area (TPSA) is 118 Å². The van der Waals surface area contributed by atoms with E-state index in [1.165, 1.54) is 13.2 Å². The van der Waals surface area contributed by atoms with Crippen LogP contribution in [-0.2, 0) is 11.2 Å². The van der Waals surface area contributed by atoms with E-state index in [-0.39, 0.29) is 35.8 Å². The molecule has 1 aromatic carbocycles. The lowest BCUT2D eigenvalue weighted by Crippen LogP contribution is -2.66. The molecule has 11 heteroatoms. The number of carbonyl (C=O) groups excluding carboxylic acids is 2. The summed E-state index contributed by atoms with van der Waals surface area (Å²) < 4.78 is 31.7. The number of pyridine rings is 1. The lowest BCUT2D eigenvalue weighted by molar-refractivity contribution is -0.0779. The van der Waals surface area contributed by atoms with Crippen molar-refractivity contribution in [2.75, 3.05) is 32.1 Å². The summed E-state index contributed by atoms with van der Waals surface area (Å²) in [4.78, 5) is 35.2. The van der Waals surface area contributed by atoms with E-state index in [1.807, 2.05) is 20.8 Å². The number of hydrogen-bond donors (Lipinski definition) is 3. The molecule has 2 aliphatic rings. The standard InChI is InChI=1S/C30H36FN5O5/c1-29(2,3)41-28(38)36-16-30(4,5)22(36)15-40-21-14-32-12-10-17(21)24-25(23-19(34-24)11-13-33-27(23)37)35-20-9-7-8-18(31)26(20)39-6/h7-10,12,14,22,34-35H,11,13,15-16H2,1-6H3,(H,33,37). The molecule has 1 atom stereocenters. The van der Waals surface area contributed by atoms with E-state index in [2.05, 4.69) is 34.4 Å². The van der Waals surface area contributed by atoms with Gasteiger partial charge >= 0.3 is 6.09 Å². The predicted molar refractivity (Wildman–Crippen MR) is 152 cm³/mol. The van der Waals surface area contributed by atoms with Crippen LogP contribution in [0.4, 0.5) is 20.6 Å². The van der Waals surface area contributed by atoms with Crippen LogP contribution in [0.5, 0.6) is 11.5 Å². The largest absolute Gasteiger partial charge is 0.492 e. The predicted octanol–water partition coefficient (Wildman–Crippen LogP) is 5.28. The van der Waals surface area contributed by atoms with Crippen molar-refractivity contribution < 1.29 is 28.2 Å². The summed E-state index contributed by atoms with van der Waals surface area (Å²) in [5.41, 5.74) is 2.49. The molecule has 0 aliphatic carbocycles. The van der Waals surface area contributed by atoms with Gasteiger partial charge in [-0.1, -0.05) is 19.9 Å². The van der Waals surface area contributed by atoms with Crippen LogP contribution in [0.2, 0.25) is 0 Å².